The summed E-state index contributed by atoms with van der Waals surface area (Å²) in [6.45, 7) is 4.09. The van der Waals surface area contributed by atoms with Gasteiger partial charge in [0, 0.05) is 11.7 Å². The zero-order chi connectivity index (χ0) is 18.1. The van der Waals surface area contributed by atoms with Crippen molar-refractivity contribution < 1.29 is 9.53 Å². The van der Waals surface area contributed by atoms with E-state index >= 15 is 0 Å². The van der Waals surface area contributed by atoms with Gasteiger partial charge < -0.3 is 9.64 Å². The molecule has 4 rings (SSSR count). The van der Waals surface area contributed by atoms with Gasteiger partial charge in [-0.2, -0.15) is 0 Å². The molecule has 26 heavy (non-hydrogen) atoms. The summed E-state index contributed by atoms with van der Waals surface area (Å²) in [5, 5.41) is 2.29. The van der Waals surface area contributed by atoms with Crippen LogP contribution < -0.4 is 9.64 Å². The lowest BCUT2D eigenvalue weighted by Gasteiger charge is -2.27. The van der Waals surface area contributed by atoms with Crippen molar-refractivity contribution in [2.45, 2.75) is 38.8 Å². The molecule has 0 bridgehead atoms. The number of nitrogens with zero attached hydrogens (tertiary/aromatic N) is 1. The molecule has 0 aliphatic carbocycles. The van der Waals surface area contributed by atoms with Crippen molar-refractivity contribution >= 4 is 22.4 Å². The number of rotatable bonds is 4. The number of para-hydroxylation sites is 1. The molecule has 0 saturated carbocycles. The minimum absolute atomic E-state index is 0.0399. The maximum Gasteiger partial charge on any atom is 0.268 e. The number of anilines is 1. The van der Waals surface area contributed by atoms with E-state index in [-0.39, 0.29) is 11.9 Å². The van der Waals surface area contributed by atoms with Crippen LogP contribution in [-0.4, -0.2) is 18.1 Å². The number of benzene rings is 3. The third kappa shape index (κ3) is 2.94. The Kier molecular flexibility index (Phi) is 4.37. The smallest absolute Gasteiger partial charge is 0.268 e. The molecule has 1 aliphatic rings. The highest BCUT2D eigenvalue weighted by Crippen LogP contribution is 2.33. The zero-order valence-electron chi connectivity index (χ0n) is 15.2. The molecule has 2 atom stereocenters. The Bertz CT molecular complexity index is 950. The molecule has 0 unspecified atom stereocenters. The zero-order valence-corrected chi connectivity index (χ0v) is 15.2. The minimum atomic E-state index is -0.482. The van der Waals surface area contributed by atoms with Gasteiger partial charge in [0.1, 0.15) is 5.75 Å². The Morgan fingerprint density at radius 1 is 1.08 bits per heavy atom. The quantitative estimate of drug-likeness (QED) is 0.668. The highest BCUT2D eigenvalue weighted by Gasteiger charge is 2.34. The second-order valence-corrected chi connectivity index (χ2v) is 6.91. The van der Waals surface area contributed by atoms with Crippen molar-refractivity contribution in [1.29, 1.82) is 0 Å². The fourth-order valence-electron chi connectivity index (χ4n) is 3.77. The molecule has 3 nitrogen and oxygen atoms in total. The summed E-state index contributed by atoms with van der Waals surface area (Å²) < 4.78 is 6.12. The van der Waals surface area contributed by atoms with Gasteiger partial charge in [0.05, 0.1) is 0 Å². The SMILES string of the molecule is CC[C@@H](Oc1ccc2ccccc2c1)C(=O)N1c2ccccc2C[C@@H]1C. The van der Waals surface area contributed by atoms with E-state index in [2.05, 4.69) is 25.1 Å². The normalized spacial score (nSPS) is 17.2. The number of carbonyl (C=O) groups excluding carboxylic acids is 1. The van der Waals surface area contributed by atoms with Crippen molar-refractivity contribution in [2.24, 2.45) is 0 Å². The van der Waals surface area contributed by atoms with Crippen LogP contribution in [0.5, 0.6) is 5.75 Å². The number of amides is 1. The lowest BCUT2D eigenvalue weighted by atomic mass is 10.1. The van der Waals surface area contributed by atoms with Gasteiger partial charge in [0.15, 0.2) is 6.10 Å². The second kappa shape index (κ2) is 6.83. The van der Waals surface area contributed by atoms with E-state index in [9.17, 15) is 4.79 Å². The Balaban J connectivity index is 1.59. The molecule has 132 valence electrons. The Labute approximate surface area is 154 Å². The molecule has 0 spiro atoms. The summed E-state index contributed by atoms with van der Waals surface area (Å²) in [6.07, 6.45) is 1.05. The molecule has 1 heterocycles. The van der Waals surface area contributed by atoms with Gasteiger partial charge in [0.2, 0.25) is 0 Å². The second-order valence-electron chi connectivity index (χ2n) is 6.91. The largest absolute Gasteiger partial charge is 0.481 e. The van der Waals surface area contributed by atoms with Crippen molar-refractivity contribution in [3.05, 3.63) is 72.3 Å². The van der Waals surface area contributed by atoms with Gasteiger partial charge in [-0.05, 0) is 54.3 Å². The molecule has 3 aromatic rings. The average molecular weight is 345 g/mol. The van der Waals surface area contributed by atoms with Crippen molar-refractivity contribution in [2.75, 3.05) is 4.90 Å². The monoisotopic (exact) mass is 345 g/mol. The van der Waals surface area contributed by atoms with Crippen LogP contribution in [0, 0.1) is 0 Å². The van der Waals surface area contributed by atoms with E-state index in [1.807, 2.05) is 60.4 Å². The molecule has 0 aromatic heterocycles. The van der Waals surface area contributed by atoms with Crippen LogP contribution in [0.1, 0.15) is 25.8 Å². The van der Waals surface area contributed by atoms with E-state index in [0.29, 0.717) is 6.42 Å². The van der Waals surface area contributed by atoms with Crippen LogP contribution in [-0.2, 0) is 11.2 Å². The van der Waals surface area contributed by atoms with Crippen molar-refractivity contribution in [3.63, 3.8) is 0 Å². The predicted molar refractivity (Wildman–Crippen MR) is 106 cm³/mol. The third-order valence-corrected chi connectivity index (χ3v) is 5.09. The van der Waals surface area contributed by atoms with Gasteiger partial charge in [-0.1, -0.05) is 55.5 Å². The Hall–Kier alpha value is -2.81. The molecule has 0 fully saturated rings. The standard InChI is InChI=1S/C23H23NO2/c1-3-22(26-20-13-12-17-8-4-5-9-18(17)15-20)23(25)24-16(2)14-19-10-6-7-11-21(19)24/h4-13,15-16,22H,3,14H2,1-2H3/t16-,22+/m0/s1. The highest BCUT2D eigenvalue weighted by atomic mass is 16.5. The first kappa shape index (κ1) is 16.6. The Morgan fingerprint density at radius 3 is 2.62 bits per heavy atom. The van der Waals surface area contributed by atoms with E-state index in [1.165, 1.54) is 10.9 Å². The molecular formula is C23H23NO2. The average Bonchev–Trinajstić information content (AvgIpc) is 3.01. The summed E-state index contributed by atoms with van der Waals surface area (Å²) in [6, 6.07) is 22.5. The molecule has 0 saturated heterocycles. The van der Waals surface area contributed by atoms with Crippen LogP contribution in [0.4, 0.5) is 5.69 Å². The molecule has 3 aromatic carbocycles. The maximum atomic E-state index is 13.2. The van der Waals surface area contributed by atoms with Gasteiger partial charge in [-0.15, -0.1) is 0 Å². The van der Waals surface area contributed by atoms with E-state index in [0.717, 1.165) is 23.2 Å². The number of hydrogen-bond acceptors (Lipinski definition) is 2. The first-order valence-electron chi connectivity index (χ1n) is 9.24. The summed E-state index contributed by atoms with van der Waals surface area (Å²) in [5.41, 5.74) is 2.25. The van der Waals surface area contributed by atoms with Crippen LogP contribution in [0.2, 0.25) is 0 Å². The molecule has 0 N–H and O–H groups in total. The number of fused-ring (bicyclic) bond motifs is 2. The topological polar surface area (TPSA) is 29.5 Å². The van der Waals surface area contributed by atoms with Crippen molar-refractivity contribution in [3.8, 4) is 5.75 Å². The summed E-state index contributed by atoms with van der Waals surface area (Å²) in [4.78, 5) is 15.1. The number of hydrogen-bond donors (Lipinski definition) is 0. The van der Waals surface area contributed by atoms with E-state index in [1.54, 1.807) is 0 Å². The van der Waals surface area contributed by atoms with Gasteiger partial charge >= 0.3 is 0 Å². The van der Waals surface area contributed by atoms with Crippen LogP contribution in [0.15, 0.2) is 66.7 Å². The van der Waals surface area contributed by atoms with Crippen LogP contribution >= 0.6 is 0 Å². The summed E-state index contributed by atoms with van der Waals surface area (Å²) in [7, 11) is 0. The molecule has 3 heteroatoms. The summed E-state index contributed by atoms with van der Waals surface area (Å²) >= 11 is 0. The highest BCUT2D eigenvalue weighted by molar-refractivity contribution is 5.99. The van der Waals surface area contributed by atoms with Crippen LogP contribution in [0.25, 0.3) is 10.8 Å². The van der Waals surface area contributed by atoms with Gasteiger partial charge in [-0.25, -0.2) is 0 Å². The maximum absolute atomic E-state index is 13.2. The van der Waals surface area contributed by atoms with E-state index in [4.69, 9.17) is 4.74 Å². The number of ether oxygens (including phenoxy) is 1. The first-order valence-corrected chi connectivity index (χ1v) is 9.24. The fourth-order valence-corrected chi connectivity index (χ4v) is 3.77. The minimum Gasteiger partial charge on any atom is -0.481 e. The lowest BCUT2D eigenvalue weighted by molar-refractivity contribution is -0.125. The summed E-state index contributed by atoms with van der Waals surface area (Å²) in [5.74, 6) is 0.780. The molecular weight excluding hydrogens is 322 g/mol. The van der Waals surface area contributed by atoms with Gasteiger partial charge in [0.25, 0.3) is 5.91 Å². The molecule has 0 radical (unpaired) electrons. The third-order valence-electron chi connectivity index (χ3n) is 5.09. The molecule has 1 aliphatic heterocycles. The fraction of sp³-hybridized carbons (Fsp3) is 0.261. The molecule has 1 amide bonds. The lowest BCUT2D eigenvalue weighted by Crippen LogP contribution is -2.44. The van der Waals surface area contributed by atoms with E-state index < -0.39 is 6.10 Å². The van der Waals surface area contributed by atoms with Crippen molar-refractivity contribution in [1.82, 2.24) is 0 Å². The predicted octanol–water partition coefficient (Wildman–Crippen LogP) is 4.98. The van der Waals surface area contributed by atoms with Gasteiger partial charge in [-0.3, -0.25) is 4.79 Å². The first-order chi connectivity index (χ1) is 12.7. The Morgan fingerprint density at radius 2 is 1.81 bits per heavy atom. The number of carbonyl (C=O) groups is 1. The van der Waals surface area contributed by atoms with Crippen LogP contribution in [0.3, 0.4) is 0 Å².